The first kappa shape index (κ1) is 17.8. The number of amides is 1. The van der Waals surface area contributed by atoms with Gasteiger partial charge in [-0.15, -0.1) is 12.4 Å². The largest absolute Gasteiger partial charge is 0.348 e. The molecule has 0 aliphatic heterocycles. The van der Waals surface area contributed by atoms with Crippen LogP contribution in [-0.2, 0) is 4.79 Å². The number of benzene rings is 1. The molecule has 1 aromatic rings. The number of carbonyl (C=O) groups excluding carboxylic acids is 1. The molecular weight excluding hydrogens is 274 g/mol. The van der Waals surface area contributed by atoms with Crippen molar-refractivity contribution in [2.75, 3.05) is 0 Å². The van der Waals surface area contributed by atoms with Crippen LogP contribution in [0.5, 0.6) is 0 Å². The maximum absolute atomic E-state index is 13.5. The molecule has 1 aromatic carbocycles. The van der Waals surface area contributed by atoms with Crippen LogP contribution >= 0.6 is 12.4 Å². The molecule has 0 aliphatic carbocycles. The molecule has 3 nitrogen and oxygen atoms in total. The quantitative estimate of drug-likeness (QED) is 0.896. The van der Waals surface area contributed by atoms with E-state index in [1.54, 1.807) is 13.8 Å². The molecule has 0 fully saturated rings. The molecule has 2 atom stereocenters. The van der Waals surface area contributed by atoms with E-state index in [-0.39, 0.29) is 23.9 Å². The second-order valence-corrected chi connectivity index (χ2v) is 4.64. The monoisotopic (exact) mass is 292 g/mol. The number of carbonyl (C=O) groups is 1. The predicted octanol–water partition coefficient (Wildman–Crippen LogP) is 2.55. The minimum atomic E-state index is -0.761. The van der Waals surface area contributed by atoms with Gasteiger partial charge < -0.3 is 11.1 Å². The molecule has 108 valence electrons. The summed E-state index contributed by atoms with van der Waals surface area (Å²) in [4.78, 5) is 11.7. The van der Waals surface area contributed by atoms with E-state index in [1.807, 2.05) is 0 Å². The van der Waals surface area contributed by atoms with E-state index < -0.39 is 29.6 Å². The maximum Gasteiger partial charge on any atom is 0.237 e. The van der Waals surface area contributed by atoms with Gasteiger partial charge in [0.15, 0.2) is 0 Å². The van der Waals surface area contributed by atoms with Gasteiger partial charge in [-0.1, -0.05) is 19.9 Å². The Balaban J connectivity index is 0.00000324. The fraction of sp³-hybridized carbons (Fsp3) is 0.462. The number of nitrogens with two attached hydrogens (primary N) is 1. The van der Waals surface area contributed by atoms with Crippen LogP contribution in [0.2, 0.25) is 0 Å². The molecule has 6 heteroatoms. The van der Waals surface area contributed by atoms with Gasteiger partial charge in [-0.2, -0.15) is 0 Å². The minimum absolute atomic E-state index is 0. The summed E-state index contributed by atoms with van der Waals surface area (Å²) in [5.41, 5.74) is 5.51. The van der Waals surface area contributed by atoms with Crippen molar-refractivity contribution < 1.29 is 13.6 Å². The first-order chi connectivity index (χ1) is 8.34. The highest BCUT2D eigenvalue weighted by Gasteiger charge is 2.22. The van der Waals surface area contributed by atoms with Crippen LogP contribution in [0.4, 0.5) is 8.78 Å². The molecule has 1 amide bonds. The lowest BCUT2D eigenvalue weighted by molar-refractivity contribution is -0.123. The summed E-state index contributed by atoms with van der Waals surface area (Å²) in [7, 11) is 0. The molecule has 0 radical (unpaired) electrons. The van der Waals surface area contributed by atoms with Crippen LogP contribution in [0.15, 0.2) is 18.2 Å². The molecule has 0 aliphatic rings. The molecule has 19 heavy (non-hydrogen) atoms. The smallest absolute Gasteiger partial charge is 0.237 e. The predicted molar refractivity (Wildman–Crippen MR) is 73.0 cm³/mol. The summed E-state index contributed by atoms with van der Waals surface area (Å²) < 4.78 is 27.0. The van der Waals surface area contributed by atoms with Crippen LogP contribution in [-0.4, -0.2) is 11.9 Å². The Morgan fingerprint density at radius 1 is 1.21 bits per heavy atom. The highest BCUT2D eigenvalue weighted by molar-refractivity contribution is 5.85. The molecule has 3 N–H and O–H groups in total. The summed E-state index contributed by atoms with van der Waals surface area (Å²) in [6.07, 6.45) is 0. The van der Waals surface area contributed by atoms with Crippen molar-refractivity contribution in [1.82, 2.24) is 5.32 Å². The van der Waals surface area contributed by atoms with Gasteiger partial charge in [0, 0.05) is 5.56 Å². The molecular formula is C13H19ClF2N2O. The Kier molecular flexibility index (Phi) is 6.94. The lowest BCUT2D eigenvalue weighted by Gasteiger charge is -2.20. The molecule has 0 heterocycles. The molecule has 0 saturated carbocycles. The third kappa shape index (κ3) is 4.44. The van der Waals surface area contributed by atoms with Crippen molar-refractivity contribution in [3.63, 3.8) is 0 Å². The third-order valence-electron chi connectivity index (χ3n) is 2.81. The molecule has 0 bridgehead atoms. The fourth-order valence-corrected chi connectivity index (χ4v) is 1.61. The SMILES string of the molecule is CC(NC(=O)[C@H](N)C(C)C)c1c(F)cccc1F.Cl. The number of hydrogen-bond acceptors (Lipinski definition) is 2. The first-order valence-corrected chi connectivity index (χ1v) is 5.84. The van der Waals surface area contributed by atoms with Gasteiger partial charge in [-0.25, -0.2) is 8.78 Å². The summed E-state index contributed by atoms with van der Waals surface area (Å²) in [6.45, 7) is 5.13. The number of nitrogens with one attached hydrogen (secondary N) is 1. The van der Waals surface area contributed by atoms with Gasteiger partial charge in [-0.3, -0.25) is 4.79 Å². The Morgan fingerprint density at radius 2 is 1.68 bits per heavy atom. The molecule has 0 aromatic heterocycles. The van der Waals surface area contributed by atoms with Gasteiger partial charge in [0.05, 0.1) is 12.1 Å². The summed E-state index contributed by atoms with van der Waals surface area (Å²) in [5, 5.41) is 2.52. The Labute approximate surface area is 118 Å². The lowest BCUT2D eigenvalue weighted by atomic mass is 10.0. The van der Waals surface area contributed by atoms with Crippen LogP contribution in [0, 0.1) is 17.6 Å². The second-order valence-electron chi connectivity index (χ2n) is 4.64. The van der Waals surface area contributed by atoms with Gasteiger partial charge >= 0.3 is 0 Å². The highest BCUT2D eigenvalue weighted by atomic mass is 35.5. The number of rotatable bonds is 4. The average Bonchev–Trinajstić information content (AvgIpc) is 2.27. The first-order valence-electron chi connectivity index (χ1n) is 5.84. The molecule has 0 spiro atoms. The zero-order chi connectivity index (χ0) is 13.9. The van der Waals surface area contributed by atoms with Crippen molar-refractivity contribution in [3.8, 4) is 0 Å². The van der Waals surface area contributed by atoms with Gasteiger partial charge in [0.2, 0.25) is 5.91 Å². The topological polar surface area (TPSA) is 55.1 Å². The van der Waals surface area contributed by atoms with E-state index in [1.165, 1.54) is 13.0 Å². The van der Waals surface area contributed by atoms with Crippen molar-refractivity contribution in [2.24, 2.45) is 11.7 Å². The minimum Gasteiger partial charge on any atom is -0.348 e. The van der Waals surface area contributed by atoms with Crippen LogP contribution in [0.3, 0.4) is 0 Å². The highest BCUT2D eigenvalue weighted by Crippen LogP contribution is 2.20. The van der Waals surface area contributed by atoms with Crippen molar-refractivity contribution in [1.29, 1.82) is 0 Å². The van der Waals surface area contributed by atoms with Crippen molar-refractivity contribution >= 4 is 18.3 Å². The average molecular weight is 293 g/mol. The third-order valence-corrected chi connectivity index (χ3v) is 2.81. The van der Waals surface area contributed by atoms with Crippen molar-refractivity contribution in [3.05, 3.63) is 35.4 Å². The fourth-order valence-electron chi connectivity index (χ4n) is 1.61. The summed E-state index contributed by atoms with van der Waals surface area (Å²) >= 11 is 0. The normalized spacial score (nSPS) is 13.6. The summed E-state index contributed by atoms with van der Waals surface area (Å²) in [5.74, 6) is -1.82. The standard InChI is InChI=1S/C13H18F2N2O.ClH/c1-7(2)12(16)13(18)17-8(3)11-9(14)5-4-6-10(11)15;/h4-8,12H,16H2,1-3H3,(H,17,18);1H/t8?,12-;/m1./s1. The van der Waals surface area contributed by atoms with Crippen molar-refractivity contribution in [2.45, 2.75) is 32.9 Å². The van der Waals surface area contributed by atoms with E-state index in [0.29, 0.717) is 0 Å². The second kappa shape index (κ2) is 7.40. The van der Waals surface area contributed by atoms with Gasteiger partial charge in [-0.05, 0) is 25.0 Å². The molecule has 1 rings (SSSR count). The Bertz CT molecular complexity index is 420. The molecule has 0 saturated heterocycles. The maximum atomic E-state index is 13.5. The van der Waals surface area contributed by atoms with E-state index >= 15 is 0 Å². The number of hydrogen-bond donors (Lipinski definition) is 2. The van der Waals surface area contributed by atoms with Crippen LogP contribution in [0.25, 0.3) is 0 Å². The van der Waals surface area contributed by atoms with Crippen LogP contribution in [0.1, 0.15) is 32.4 Å². The Hall–Kier alpha value is -1.20. The lowest BCUT2D eigenvalue weighted by Crippen LogP contribution is -2.44. The van der Waals surface area contributed by atoms with E-state index in [2.05, 4.69) is 5.32 Å². The zero-order valence-electron chi connectivity index (χ0n) is 11.1. The van der Waals surface area contributed by atoms with E-state index in [0.717, 1.165) is 12.1 Å². The Morgan fingerprint density at radius 3 is 2.11 bits per heavy atom. The van der Waals surface area contributed by atoms with E-state index in [9.17, 15) is 13.6 Å². The van der Waals surface area contributed by atoms with Gasteiger partial charge in [0.1, 0.15) is 11.6 Å². The van der Waals surface area contributed by atoms with E-state index in [4.69, 9.17) is 5.73 Å². The van der Waals surface area contributed by atoms with Crippen LogP contribution < -0.4 is 11.1 Å². The zero-order valence-corrected chi connectivity index (χ0v) is 11.9. The number of halogens is 3. The molecule has 1 unspecified atom stereocenters. The van der Waals surface area contributed by atoms with Gasteiger partial charge in [0.25, 0.3) is 0 Å². The summed E-state index contributed by atoms with van der Waals surface area (Å²) in [6, 6.07) is 2.14.